The van der Waals surface area contributed by atoms with E-state index >= 15 is 0 Å². The summed E-state index contributed by atoms with van der Waals surface area (Å²) < 4.78 is 5.35. The SMILES string of the molecule is COC(=O)c1ccc(N2CC(CCl)CC2=O)c(Br)c1. The number of hydrogen-bond acceptors (Lipinski definition) is 3. The molecule has 0 aromatic heterocycles. The van der Waals surface area contributed by atoms with Crippen molar-refractivity contribution in [3.63, 3.8) is 0 Å². The van der Waals surface area contributed by atoms with E-state index in [0.717, 1.165) is 5.69 Å². The third kappa shape index (κ3) is 2.92. The Morgan fingerprint density at radius 2 is 2.32 bits per heavy atom. The lowest BCUT2D eigenvalue weighted by molar-refractivity contribution is -0.117. The highest BCUT2D eigenvalue weighted by Crippen LogP contribution is 2.32. The second kappa shape index (κ2) is 5.92. The minimum Gasteiger partial charge on any atom is -0.465 e. The molecule has 1 aliphatic heterocycles. The third-order valence-corrected chi connectivity index (χ3v) is 4.15. The van der Waals surface area contributed by atoms with E-state index in [9.17, 15) is 9.59 Å². The zero-order valence-corrected chi connectivity index (χ0v) is 12.7. The average molecular weight is 347 g/mol. The molecular formula is C13H13BrClNO3. The quantitative estimate of drug-likeness (QED) is 0.624. The van der Waals surface area contributed by atoms with Gasteiger partial charge in [-0.15, -0.1) is 11.6 Å². The predicted molar refractivity (Wildman–Crippen MR) is 76.7 cm³/mol. The molecule has 102 valence electrons. The van der Waals surface area contributed by atoms with Crippen molar-refractivity contribution in [2.75, 3.05) is 24.4 Å². The molecule has 0 saturated carbocycles. The summed E-state index contributed by atoms with van der Waals surface area (Å²) in [5.41, 5.74) is 1.20. The number of alkyl halides is 1. The zero-order chi connectivity index (χ0) is 14.0. The third-order valence-electron chi connectivity index (χ3n) is 3.08. The van der Waals surface area contributed by atoms with E-state index in [2.05, 4.69) is 20.7 Å². The maximum atomic E-state index is 11.9. The van der Waals surface area contributed by atoms with Crippen LogP contribution in [0.4, 0.5) is 5.69 Å². The first-order valence-corrected chi connectivity index (χ1v) is 7.13. The number of nitrogens with zero attached hydrogens (tertiary/aromatic N) is 1. The molecule has 0 N–H and O–H groups in total. The molecule has 1 heterocycles. The summed E-state index contributed by atoms with van der Waals surface area (Å²) in [5, 5.41) is 0. The molecule has 0 bridgehead atoms. The summed E-state index contributed by atoms with van der Waals surface area (Å²) in [5.74, 6) is 0.303. The van der Waals surface area contributed by atoms with Crippen molar-refractivity contribution in [1.82, 2.24) is 0 Å². The fourth-order valence-electron chi connectivity index (χ4n) is 2.09. The minimum absolute atomic E-state index is 0.0529. The lowest BCUT2D eigenvalue weighted by atomic mass is 10.1. The summed E-state index contributed by atoms with van der Waals surface area (Å²) in [6.07, 6.45) is 0.467. The number of amides is 1. The van der Waals surface area contributed by atoms with Crippen LogP contribution in [0, 0.1) is 5.92 Å². The predicted octanol–water partition coefficient (Wildman–Crippen LogP) is 2.83. The average Bonchev–Trinajstić information content (AvgIpc) is 2.79. The van der Waals surface area contributed by atoms with Gasteiger partial charge in [0.1, 0.15) is 0 Å². The highest BCUT2D eigenvalue weighted by molar-refractivity contribution is 9.10. The molecule has 1 aliphatic rings. The topological polar surface area (TPSA) is 46.6 Å². The Balaban J connectivity index is 2.27. The van der Waals surface area contributed by atoms with Crippen molar-refractivity contribution in [2.45, 2.75) is 6.42 Å². The number of hydrogen-bond donors (Lipinski definition) is 0. The van der Waals surface area contributed by atoms with Gasteiger partial charge in [0.15, 0.2) is 0 Å². The largest absolute Gasteiger partial charge is 0.465 e. The lowest BCUT2D eigenvalue weighted by Crippen LogP contribution is -2.25. The van der Waals surface area contributed by atoms with Crippen LogP contribution in [0.2, 0.25) is 0 Å². The molecule has 2 rings (SSSR count). The van der Waals surface area contributed by atoms with E-state index in [1.54, 1.807) is 23.1 Å². The molecule has 4 nitrogen and oxygen atoms in total. The Morgan fingerprint density at radius 3 is 2.84 bits per heavy atom. The van der Waals surface area contributed by atoms with Crippen LogP contribution < -0.4 is 4.90 Å². The van der Waals surface area contributed by atoms with Crippen LogP contribution in [0.5, 0.6) is 0 Å². The van der Waals surface area contributed by atoms with Crippen LogP contribution in [0.15, 0.2) is 22.7 Å². The Bertz CT molecular complexity index is 521. The van der Waals surface area contributed by atoms with Crippen molar-refractivity contribution in [1.29, 1.82) is 0 Å². The highest BCUT2D eigenvalue weighted by atomic mass is 79.9. The standard InChI is InChI=1S/C13H13BrClNO3/c1-19-13(18)9-2-3-11(10(14)5-9)16-7-8(6-15)4-12(16)17/h2-3,5,8H,4,6-7H2,1H3. The molecule has 0 radical (unpaired) electrons. The number of ether oxygens (including phenoxy) is 1. The number of carbonyl (C=O) groups is 2. The minimum atomic E-state index is -0.404. The van der Waals surface area contributed by atoms with Crippen molar-refractivity contribution < 1.29 is 14.3 Å². The molecule has 1 fully saturated rings. The summed E-state index contributed by atoms with van der Waals surface area (Å²) in [4.78, 5) is 25.0. The van der Waals surface area contributed by atoms with Crippen LogP contribution in [0.3, 0.4) is 0 Å². The van der Waals surface area contributed by atoms with Gasteiger partial charge in [0.2, 0.25) is 5.91 Å². The van der Waals surface area contributed by atoms with Crippen LogP contribution in [-0.4, -0.2) is 31.4 Å². The van der Waals surface area contributed by atoms with E-state index in [4.69, 9.17) is 11.6 Å². The van der Waals surface area contributed by atoms with Gasteiger partial charge in [-0.05, 0) is 40.0 Å². The van der Waals surface area contributed by atoms with Gasteiger partial charge in [0, 0.05) is 23.3 Å². The number of halogens is 2. The van der Waals surface area contributed by atoms with Gasteiger partial charge in [0.05, 0.1) is 18.4 Å². The zero-order valence-electron chi connectivity index (χ0n) is 10.4. The van der Waals surface area contributed by atoms with Crippen LogP contribution in [-0.2, 0) is 9.53 Å². The molecule has 0 aliphatic carbocycles. The monoisotopic (exact) mass is 345 g/mol. The van der Waals surface area contributed by atoms with Crippen LogP contribution >= 0.6 is 27.5 Å². The molecule has 1 aromatic rings. The molecule has 1 atom stereocenters. The Labute approximate surface area is 124 Å². The second-order valence-electron chi connectivity index (χ2n) is 4.39. The normalized spacial score (nSPS) is 18.8. The van der Waals surface area contributed by atoms with Crippen molar-refractivity contribution in [2.24, 2.45) is 5.92 Å². The van der Waals surface area contributed by atoms with E-state index in [1.165, 1.54) is 7.11 Å². The van der Waals surface area contributed by atoms with Gasteiger partial charge >= 0.3 is 5.97 Å². The summed E-state index contributed by atoms with van der Waals surface area (Å²) in [6, 6.07) is 5.04. The number of carbonyl (C=O) groups excluding carboxylic acids is 2. The van der Waals surface area contributed by atoms with Crippen molar-refractivity contribution in [3.05, 3.63) is 28.2 Å². The van der Waals surface area contributed by atoms with Crippen molar-refractivity contribution in [3.8, 4) is 0 Å². The summed E-state index contributed by atoms with van der Waals surface area (Å²) >= 11 is 9.19. The molecule has 1 amide bonds. The first-order valence-electron chi connectivity index (χ1n) is 5.81. The number of methoxy groups -OCH3 is 1. The first-order chi connectivity index (χ1) is 9.06. The van der Waals surface area contributed by atoms with Gasteiger partial charge < -0.3 is 9.64 Å². The van der Waals surface area contributed by atoms with Gasteiger partial charge in [-0.25, -0.2) is 4.79 Å². The Hall–Kier alpha value is -1.07. The van der Waals surface area contributed by atoms with E-state index in [-0.39, 0.29) is 11.8 Å². The number of benzene rings is 1. The molecular weight excluding hydrogens is 334 g/mol. The van der Waals surface area contributed by atoms with Gasteiger partial charge in [-0.1, -0.05) is 0 Å². The van der Waals surface area contributed by atoms with Gasteiger partial charge in [0.25, 0.3) is 0 Å². The van der Waals surface area contributed by atoms with E-state index < -0.39 is 5.97 Å². The van der Waals surface area contributed by atoms with Gasteiger partial charge in [-0.3, -0.25) is 4.79 Å². The molecule has 19 heavy (non-hydrogen) atoms. The Kier molecular flexibility index (Phi) is 4.47. The van der Waals surface area contributed by atoms with E-state index in [0.29, 0.717) is 28.9 Å². The first kappa shape index (κ1) is 14.3. The maximum Gasteiger partial charge on any atom is 0.337 e. The fraction of sp³-hybridized carbons (Fsp3) is 0.385. The Morgan fingerprint density at radius 1 is 1.58 bits per heavy atom. The molecule has 1 saturated heterocycles. The van der Waals surface area contributed by atoms with E-state index in [1.807, 2.05) is 0 Å². The molecule has 1 unspecified atom stereocenters. The number of anilines is 1. The smallest absolute Gasteiger partial charge is 0.337 e. The van der Waals surface area contributed by atoms with Gasteiger partial charge in [-0.2, -0.15) is 0 Å². The fourth-order valence-corrected chi connectivity index (χ4v) is 2.89. The number of esters is 1. The summed E-state index contributed by atoms with van der Waals surface area (Å²) in [7, 11) is 1.33. The highest BCUT2D eigenvalue weighted by Gasteiger charge is 2.31. The molecule has 6 heteroatoms. The maximum absolute atomic E-state index is 11.9. The van der Waals surface area contributed by atoms with Crippen LogP contribution in [0.1, 0.15) is 16.8 Å². The van der Waals surface area contributed by atoms with Crippen LogP contribution in [0.25, 0.3) is 0 Å². The number of rotatable bonds is 3. The lowest BCUT2D eigenvalue weighted by Gasteiger charge is -2.18. The molecule has 1 aromatic carbocycles. The van der Waals surface area contributed by atoms with Crippen molar-refractivity contribution >= 4 is 45.1 Å². The summed E-state index contributed by atoms with van der Waals surface area (Å²) in [6.45, 7) is 0.610. The molecule has 0 spiro atoms. The second-order valence-corrected chi connectivity index (χ2v) is 5.55.